The minimum Gasteiger partial charge on any atom is -0.266 e. The van der Waals surface area contributed by atoms with Crippen molar-refractivity contribution in [3.63, 3.8) is 0 Å². The van der Waals surface area contributed by atoms with Crippen LogP contribution < -0.4 is 4.31 Å². The van der Waals surface area contributed by atoms with Gasteiger partial charge < -0.3 is 0 Å². The van der Waals surface area contributed by atoms with E-state index in [0.29, 0.717) is 11.4 Å². The van der Waals surface area contributed by atoms with Crippen LogP contribution in [0.3, 0.4) is 0 Å². The van der Waals surface area contributed by atoms with E-state index in [1.807, 2.05) is 31.2 Å². The van der Waals surface area contributed by atoms with Gasteiger partial charge in [-0.15, -0.1) is 0 Å². The molecule has 0 atom stereocenters. The number of rotatable bonds is 3. The summed E-state index contributed by atoms with van der Waals surface area (Å²) in [5.41, 5.74) is 5.27. The van der Waals surface area contributed by atoms with E-state index in [9.17, 15) is 8.42 Å². The SMILES string of the molecule is Cc1ccc(S(=O)(=O)N2CCc3cc(-c4ccsc4)ccc32)cc1. The first-order valence-electron chi connectivity index (χ1n) is 7.80. The molecule has 5 heteroatoms. The predicted molar refractivity (Wildman–Crippen MR) is 99.2 cm³/mol. The van der Waals surface area contributed by atoms with Crippen LogP contribution in [-0.2, 0) is 16.4 Å². The molecule has 3 nitrogen and oxygen atoms in total. The Morgan fingerprint density at radius 1 is 1.00 bits per heavy atom. The van der Waals surface area contributed by atoms with Gasteiger partial charge in [-0.2, -0.15) is 11.3 Å². The van der Waals surface area contributed by atoms with Crippen molar-refractivity contribution in [2.75, 3.05) is 10.8 Å². The fraction of sp³-hybridized carbons (Fsp3) is 0.158. The minimum absolute atomic E-state index is 0.350. The number of hydrogen-bond donors (Lipinski definition) is 0. The van der Waals surface area contributed by atoms with Crippen molar-refractivity contribution in [3.8, 4) is 11.1 Å². The molecular weight excluding hydrogens is 338 g/mol. The molecule has 3 aromatic rings. The molecule has 2 aromatic carbocycles. The first-order chi connectivity index (χ1) is 11.6. The number of thiophene rings is 1. The van der Waals surface area contributed by atoms with Gasteiger partial charge in [0, 0.05) is 6.54 Å². The lowest BCUT2D eigenvalue weighted by atomic mass is 10.0. The van der Waals surface area contributed by atoms with E-state index in [4.69, 9.17) is 0 Å². The van der Waals surface area contributed by atoms with Gasteiger partial charge in [-0.1, -0.05) is 23.8 Å². The monoisotopic (exact) mass is 355 g/mol. The highest BCUT2D eigenvalue weighted by atomic mass is 32.2. The first-order valence-corrected chi connectivity index (χ1v) is 10.2. The highest BCUT2D eigenvalue weighted by Crippen LogP contribution is 2.36. The molecule has 1 aromatic heterocycles. The van der Waals surface area contributed by atoms with Crippen LogP contribution >= 0.6 is 11.3 Å². The topological polar surface area (TPSA) is 37.4 Å². The predicted octanol–water partition coefficient (Wildman–Crippen LogP) is 4.47. The smallest absolute Gasteiger partial charge is 0.264 e. The summed E-state index contributed by atoms with van der Waals surface area (Å²) in [7, 11) is -3.50. The van der Waals surface area contributed by atoms with Crippen LogP contribution in [0.1, 0.15) is 11.1 Å². The second-order valence-corrected chi connectivity index (χ2v) is 8.64. The number of hydrogen-bond acceptors (Lipinski definition) is 3. The van der Waals surface area contributed by atoms with E-state index < -0.39 is 10.0 Å². The van der Waals surface area contributed by atoms with Crippen molar-refractivity contribution in [3.05, 3.63) is 70.4 Å². The molecule has 1 aliphatic rings. The lowest BCUT2D eigenvalue weighted by Crippen LogP contribution is -2.29. The molecule has 0 N–H and O–H groups in total. The summed E-state index contributed by atoms with van der Waals surface area (Å²) in [5, 5.41) is 4.16. The molecule has 0 bridgehead atoms. The maximum Gasteiger partial charge on any atom is 0.264 e. The van der Waals surface area contributed by atoms with Crippen molar-refractivity contribution < 1.29 is 8.42 Å². The zero-order chi connectivity index (χ0) is 16.7. The van der Waals surface area contributed by atoms with E-state index in [0.717, 1.165) is 28.8 Å². The average molecular weight is 355 g/mol. The van der Waals surface area contributed by atoms with Crippen molar-refractivity contribution in [2.24, 2.45) is 0 Å². The van der Waals surface area contributed by atoms with E-state index in [-0.39, 0.29) is 0 Å². The summed E-state index contributed by atoms with van der Waals surface area (Å²) in [6.45, 7) is 2.45. The molecule has 0 radical (unpaired) electrons. The van der Waals surface area contributed by atoms with E-state index in [2.05, 4.69) is 22.9 Å². The number of sulfonamides is 1. The molecule has 0 aliphatic carbocycles. The number of benzene rings is 2. The lowest BCUT2D eigenvalue weighted by Gasteiger charge is -2.20. The zero-order valence-electron chi connectivity index (χ0n) is 13.3. The summed E-state index contributed by atoms with van der Waals surface area (Å²) in [6.07, 6.45) is 0.748. The van der Waals surface area contributed by atoms with Crippen molar-refractivity contribution in [1.29, 1.82) is 0 Å². The molecule has 122 valence electrons. The van der Waals surface area contributed by atoms with Crippen LogP contribution in [0.4, 0.5) is 5.69 Å². The first kappa shape index (κ1) is 15.4. The molecule has 0 saturated heterocycles. The highest BCUT2D eigenvalue weighted by Gasteiger charge is 2.30. The molecule has 4 rings (SSSR count). The maximum atomic E-state index is 12.9. The molecule has 24 heavy (non-hydrogen) atoms. The number of fused-ring (bicyclic) bond motifs is 1. The fourth-order valence-electron chi connectivity index (χ4n) is 3.07. The maximum absolute atomic E-state index is 12.9. The molecule has 0 unspecified atom stereocenters. The second-order valence-electron chi connectivity index (χ2n) is 6.00. The summed E-state index contributed by atoms with van der Waals surface area (Å²) >= 11 is 1.66. The van der Waals surface area contributed by atoms with Gasteiger partial charge in [0.2, 0.25) is 0 Å². The van der Waals surface area contributed by atoms with Crippen LogP contribution in [0.5, 0.6) is 0 Å². The molecule has 0 fully saturated rings. The summed E-state index contributed by atoms with van der Waals surface area (Å²) in [6, 6.07) is 15.2. The van der Waals surface area contributed by atoms with Crippen molar-refractivity contribution in [1.82, 2.24) is 0 Å². The van der Waals surface area contributed by atoms with Crippen LogP contribution in [0.25, 0.3) is 11.1 Å². The Hall–Kier alpha value is -2.11. The quantitative estimate of drug-likeness (QED) is 0.695. The van der Waals surface area contributed by atoms with Crippen molar-refractivity contribution in [2.45, 2.75) is 18.2 Å². The summed E-state index contributed by atoms with van der Waals surface area (Å²) < 4.78 is 27.4. The third-order valence-electron chi connectivity index (χ3n) is 4.40. The highest BCUT2D eigenvalue weighted by molar-refractivity contribution is 7.92. The molecule has 1 aliphatic heterocycles. The minimum atomic E-state index is -3.50. The van der Waals surface area contributed by atoms with Gasteiger partial charge in [-0.05, 0) is 71.1 Å². The van der Waals surface area contributed by atoms with Crippen LogP contribution in [0.2, 0.25) is 0 Å². The van der Waals surface area contributed by atoms with Crippen LogP contribution in [-0.4, -0.2) is 15.0 Å². The van der Waals surface area contributed by atoms with Gasteiger partial charge in [-0.3, -0.25) is 4.31 Å². The Morgan fingerprint density at radius 2 is 1.79 bits per heavy atom. The normalized spacial score (nSPS) is 14.0. The number of nitrogens with zero attached hydrogens (tertiary/aromatic N) is 1. The molecule has 0 saturated carbocycles. The molecule has 0 spiro atoms. The van der Waals surface area contributed by atoms with Gasteiger partial charge in [0.15, 0.2) is 0 Å². The van der Waals surface area contributed by atoms with Crippen LogP contribution in [0.15, 0.2) is 64.2 Å². The Labute approximate surface area is 146 Å². The number of aryl methyl sites for hydroxylation is 1. The average Bonchev–Trinajstić information content (AvgIpc) is 3.24. The van der Waals surface area contributed by atoms with Gasteiger partial charge in [0.05, 0.1) is 10.6 Å². The number of anilines is 1. The van der Waals surface area contributed by atoms with Crippen LogP contribution in [0, 0.1) is 6.92 Å². The second kappa shape index (κ2) is 5.76. The zero-order valence-corrected chi connectivity index (χ0v) is 14.9. The summed E-state index contributed by atoms with van der Waals surface area (Å²) in [4.78, 5) is 0.350. The Kier molecular flexibility index (Phi) is 3.70. The lowest BCUT2D eigenvalue weighted by molar-refractivity contribution is 0.592. The van der Waals surface area contributed by atoms with Gasteiger partial charge in [0.25, 0.3) is 10.0 Å². The third kappa shape index (κ3) is 2.54. The molecule has 2 heterocycles. The third-order valence-corrected chi connectivity index (χ3v) is 6.91. The van der Waals surface area contributed by atoms with Gasteiger partial charge >= 0.3 is 0 Å². The Bertz CT molecular complexity index is 975. The van der Waals surface area contributed by atoms with E-state index in [1.165, 1.54) is 9.87 Å². The Morgan fingerprint density at radius 3 is 2.50 bits per heavy atom. The fourth-order valence-corrected chi connectivity index (χ4v) is 5.24. The van der Waals surface area contributed by atoms with Crippen molar-refractivity contribution >= 4 is 27.0 Å². The van der Waals surface area contributed by atoms with Gasteiger partial charge in [0.1, 0.15) is 0 Å². The largest absolute Gasteiger partial charge is 0.266 e. The van der Waals surface area contributed by atoms with Gasteiger partial charge in [-0.25, -0.2) is 8.42 Å². The standard InChI is InChI=1S/C19H17NO2S2/c1-14-2-5-18(6-3-14)24(21,22)20-10-8-16-12-15(4-7-19(16)20)17-9-11-23-13-17/h2-7,9,11-13H,8,10H2,1H3. The summed E-state index contributed by atoms with van der Waals surface area (Å²) in [5.74, 6) is 0. The molecule has 0 amide bonds. The van der Waals surface area contributed by atoms with E-state index >= 15 is 0 Å². The Balaban J connectivity index is 1.72. The molecular formula is C19H17NO2S2. The van der Waals surface area contributed by atoms with E-state index in [1.54, 1.807) is 23.5 Å².